The number of nitrogens with one attached hydrogen (secondary N) is 3. The molecule has 2 aromatic rings. The van der Waals surface area contributed by atoms with E-state index in [1.807, 2.05) is 43.5 Å². The van der Waals surface area contributed by atoms with Gasteiger partial charge in [-0.2, -0.15) is 0 Å². The molecule has 1 fully saturated rings. The van der Waals surface area contributed by atoms with E-state index in [0.29, 0.717) is 6.54 Å². The van der Waals surface area contributed by atoms with E-state index in [2.05, 4.69) is 21.3 Å². The molecule has 1 aliphatic rings. The third-order valence-corrected chi connectivity index (χ3v) is 5.20. The predicted molar refractivity (Wildman–Crippen MR) is 107 cm³/mol. The molecule has 7 heteroatoms. The van der Waals surface area contributed by atoms with Gasteiger partial charge in [0.25, 0.3) is 11.7 Å². The van der Waals surface area contributed by atoms with Crippen molar-refractivity contribution in [3.05, 3.63) is 48.2 Å². The normalized spacial score (nSPS) is 15.8. The number of carbonyl (C=O) groups excluding carboxylic acids is 1. The molecule has 0 unspecified atom stereocenters. The molecule has 0 spiro atoms. The van der Waals surface area contributed by atoms with Crippen LogP contribution in [0.25, 0.3) is 0 Å². The van der Waals surface area contributed by atoms with E-state index in [-0.39, 0.29) is 11.9 Å². The maximum Gasteiger partial charge on any atom is 0.275 e. The molecule has 1 atom stereocenters. The largest absolute Gasteiger partial charge is 0.497 e. The highest BCUT2D eigenvalue weighted by atomic mass is 16.5. The number of methoxy groups -OCH3 is 2. The van der Waals surface area contributed by atoms with Gasteiger partial charge < -0.3 is 19.7 Å². The number of anilines is 1. The summed E-state index contributed by atoms with van der Waals surface area (Å²) >= 11 is 0. The fourth-order valence-electron chi connectivity index (χ4n) is 3.60. The highest BCUT2D eigenvalue weighted by Crippen LogP contribution is 2.29. The van der Waals surface area contributed by atoms with Crippen LogP contribution >= 0.6 is 0 Å². The van der Waals surface area contributed by atoms with Crippen LogP contribution in [0.1, 0.15) is 18.5 Å². The van der Waals surface area contributed by atoms with Gasteiger partial charge in [-0.05, 0) is 31.2 Å². The van der Waals surface area contributed by atoms with Crippen LogP contribution < -0.4 is 29.6 Å². The number of H-pyrrole nitrogens is 1. The van der Waals surface area contributed by atoms with Gasteiger partial charge in [0.05, 0.1) is 26.5 Å². The number of aromatic amines is 1. The maximum absolute atomic E-state index is 12.6. The summed E-state index contributed by atoms with van der Waals surface area (Å²) in [5.74, 6) is 2.67. The van der Waals surface area contributed by atoms with Crippen LogP contribution in [0.5, 0.6) is 11.5 Å². The highest BCUT2D eigenvalue weighted by molar-refractivity contribution is 5.77. The predicted octanol–water partition coefficient (Wildman–Crippen LogP) is 0.100. The standard InChI is InChI=1S/C21H28N4O3/c1-16(18-14-17(27-2)7-8-19(18)28-3)23-21(26)15-24-10-12-25(13-11-24)20-6-4-5-9-22-20/h4-9,14,16H,10-13,15H2,1-3H3,(H,23,26)/p+2/t16-/m0/s1. The lowest BCUT2D eigenvalue weighted by molar-refractivity contribution is -0.892. The minimum atomic E-state index is -0.155. The molecule has 150 valence electrons. The van der Waals surface area contributed by atoms with E-state index in [4.69, 9.17) is 9.47 Å². The Morgan fingerprint density at radius 2 is 2.00 bits per heavy atom. The molecule has 7 nitrogen and oxygen atoms in total. The van der Waals surface area contributed by atoms with Crippen LogP contribution in [0.2, 0.25) is 0 Å². The summed E-state index contributed by atoms with van der Waals surface area (Å²) in [6.07, 6.45) is 1.94. The molecule has 1 aliphatic heterocycles. The van der Waals surface area contributed by atoms with E-state index in [0.717, 1.165) is 49.1 Å². The third kappa shape index (κ3) is 4.92. The average molecular weight is 386 g/mol. The Bertz CT molecular complexity index is 776. The number of aromatic nitrogens is 1. The number of piperazine rings is 1. The first kappa shape index (κ1) is 19.9. The zero-order chi connectivity index (χ0) is 19.9. The number of hydrogen-bond acceptors (Lipinski definition) is 4. The van der Waals surface area contributed by atoms with Crippen molar-refractivity contribution < 1.29 is 24.2 Å². The van der Waals surface area contributed by atoms with Gasteiger partial charge in [-0.3, -0.25) is 9.69 Å². The maximum atomic E-state index is 12.6. The number of amides is 1. The Hall–Kier alpha value is -2.80. The summed E-state index contributed by atoms with van der Waals surface area (Å²) < 4.78 is 10.7. The van der Waals surface area contributed by atoms with Crippen molar-refractivity contribution in [2.45, 2.75) is 13.0 Å². The van der Waals surface area contributed by atoms with Gasteiger partial charge >= 0.3 is 0 Å². The van der Waals surface area contributed by atoms with Crippen molar-refractivity contribution in [1.82, 2.24) is 5.32 Å². The first-order valence-corrected chi connectivity index (χ1v) is 9.67. The molecule has 28 heavy (non-hydrogen) atoms. The van der Waals surface area contributed by atoms with Crippen molar-refractivity contribution >= 4 is 11.7 Å². The summed E-state index contributed by atoms with van der Waals surface area (Å²) in [5.41, 5.74) is 0.912. The van der Waals surface area contributed by atoms with E-state index < -0.39 is 0 Å². The minimum Gasteiger partial charge on any atom is -0.497 e. The topological polar surface area (TPSA) is 69.4 Å². The van der Waals surface area contributed by atoms with Gasteiger partial charge in [-0.1, -0.05) is 6.07 Å². The monoisotopic (exact) mass is 386 g/mol. The average Bonchev–Trinajstić information content (AvgIpc) is 2.74. The summed E-state index contributed by atoms with van der Waals surface area (Å²) in [6.45, 7) is 6.18. The smallest absolute Gasteiger partial charge is 0.275 e. The van der Waals surface area contributed by atoms with Crippen molar-refractivity contribution in [3.8, 4) is 11.5 Å². The molecular weight excluding hydrogens is 356 g/mol. The lowest BCUT2D eigenvalue weighted by atomic mass is 10.1. The van der Waals surface area contributed by atoms with E-state index in [9.17, 15) is 4.79 Å². The number of hydrogen-bond donors (Lipinski definition) is 2. The van der Waals surface area contributed by atoms with Crippen LogP contribution in [0.3, 0.4) is 0 Å². The fourth-order valence-corrected chi connectivity index (χ4v) is 3.60. The molecule has 0 bridgehead atoms. The van der Waals surface area contributed by atoms with Crippen LogP contribution in [-0.2, 0) is 4.79 Å². The number of benzene rings is 1. The number of ether oxygens (including phenoxy) is 2. The lowest BCUT2D eigenvalue weighted by Crippen LogP contribution is -3.16. The van der Waals surface area contributed by atoms with Gasteiger partial charge in [0.2, 0.25) is 0 Å². The molecule has 1 saturated heterocycles. The molecular formula is C21H30N4O3+2. The molecule has 0 radical (unpaired) electrons. The van der Waals surface area contributed by atoms with Crippen molar-refractivity contribution in [2.24, 2.45) is 0 Å². The third-order valence-electron chi connectivity index (χ3n) is 5.20. The van der Waals surface area contributed by atoms with Crippen molar-refractivity contribution in [2.75, 3.05) is 51.8 Å². The van der Waals surface area contributed by atoms with Gasteiger partial charge in [-0.15, -0.1) is 0 Å². The van der Waals surface area contributed by atoms with Gasteiger partial charge in [0.1, 0.15) is 37.7 Å². The van der Waals surface area contributed by atoms with E-state index >= 15 is 0 Å². The molecule has 0 aliphatic carbocycles. The zero-order valence-electron chi connectivity index (χ0n) is 16.8. The number of carbonyl (C=O) groups is 1. The lowest BCUT2D eigenvalue weighted by Gasteiger charge is -2.28. The van der Waals surface area contributed by atoms with E-state index in [1.165, 1.54) is 4.90 Å². The first-order valence-electron chi connectivity index (χ1n) is 9.67. The van der Waals surface area contributed by atoms with Crippen LogP contribution in [0, 0.1) is 0 Å². The minimum absolute atomic E-state index is 0.0482. The molecule has 1 aromatic carbocycles. The Kier molecular flexibility index (Phi) is 6.71. The number of rotatable bonds is 7. The van der Waals surface area contributed by atoms with E-state index in [1.54, 1.807) is 14.2 Å². The van der Waals surface area contributed by atoms with Crippen LogP contribution in [-0.4, -0.2) is 52.9 Å². The molecule has 2 heterocycles. The summed E-state index contributed by atoms with van der Waals surface area (Å²) in [6, 6.07) is 11.6. The Morgan fingerprint density at radius 3 is 2.64 bits per heavy atom. The summed E-state index contributed by atoms with van der Waals surface area (Å²) in [4.78, 5) is 19.5. The second-order valence-electron chi connectivity index (χ2n) is 7.06. The number of quaternary nitrogens is 1. The Labute approximate surface area is 166 Å². The fraction of sp³-hybridized carbons (Fsp3) is 0.429. The Balaban J connectivity index is 1.52. The van der Waals surface area contributed by atoms with Gasteiger partial charge in [0, 0.05) is 11.6 Å². The van der Waals surface area contributed by atoms with Crippen LogP contribution in [0.4, 0.5) is 5.82 Å². The van der Waals surface area contributed by atoms with Crippen molar-refractivity contribution in [1.29, 1.82) is 0 Å². The molecule has 3 rings (SSSR count). The summed E-state index contributed by atoms with van der Waals surface area (Å²) in [5, 5.41) is 3.10. The number of pyridine rings is 1. The second-order valence-corrected chi connectivity index (χ2v) is 7.06. The molecule has 1 aromatic heterocycles. The molecule has 1 amide bonds. The van der Waals surface area contributed by atoms with Crippen molar-refractivity contribution in [3.63, 3.8) is 0 Å². The van der Waals surface area contributed by atoms with Gasteiger partial charge in [0.15, 0.2) is 6.54 Å². The zero-order valence-corrected chi connectivity index (χ0v) is 16.8. The Morgan fingerprint density at radius 1 is 1.21 bits per heavy atom. The summed E-state index contributed by atoms with van der Waals surface area (Å²) in [7, 11) is 3.26. The van der Waals surface area contributed by atoms with Crippen LogP contribution in [0.15, 0.2) is 42.6 Å². The van der Waals surface area contributed by atoms with Gasteiger partial charge in [-0.25, -0.2) is 4.98 Å². The first-order chi connectivity index (χ1) is 13.6. The SMILES string of the molecule is COc1ccc(OC)c([C@H](C)NC(=O)C[NH+]2CCN(c3cccc[nH+]3)CC2)c1. The number of nitrogens with zero attached hydrogens (tertiary/aromatic N) is 1. The molecule has 3 N–H and O–H groups in total. The quantitative estimate of drug-likeness (QED) is 0.708. The highest BCUT2D eigenvalue weighted by Gasteiger charge is 2.27. The molecule has 0 saturated carbocycles. The second kappa shape index (κ2) is 9.41.